The molecule has 0 saturated carbocycles. The van der Waals surface area contributed by atoms with Gasteiger partial charge < -0.3 is 15.1 Å². The van der Waals surface area contributed by atoms with Gasteiger partial charge in [-0.25, -0.2) is 0 Å². The van der Waals surface area contributed by atoms with E-state index in [9.17, 15) is 19.1 Å². The smallest absolute Gasteiger partial charge is 0.325 e. The molecule has 1 unspecified atom stereocenters. The van der Waals surface area contributed by atoms with Gasteiger partial charge in [0.15, 0.2) is 0 Å². The molecule has 0 saturated heterocycles. The van der Waals surface area contributed by atoms with Crippen molar-refractivity contribution in [3.63, 3.8) is 0 Å². The first-order chi connectivity index (χ1) is 8.70. The van der Waals surface area contributed by atoms with Crippen molar-refractivity contribution in [2.24, 2.45) is 5.92 Å². The molecule has 0 spiro atoms. The molecular weight excluding hydrogens is 333 g/mol. The Labute approximate surface area is 120 Å². The first-order valence-electron chi connectivity index (χ1n) is 5.82. The zero-order chi connectivity index (χ0) is 14.6. The van der Waals surface area contributed by atoms with Crippen LogP contribution in [-0.2, 0) is 9.36 Å². The lowest BCUT2D eigenvalue weighted by molar-refractivity contribution is -0.116. The summed E-state index contributed by atoms with van der Waals surface area (Å²) in [6.07, 6.45) is 0.145. The fraction of sp³-hybridized carbons (Fsp3) is 0.417. The van der Waals surface area contributed by atoms with Gasteiger partial charge in [-0.2, -0.15) is 0 Å². The molecule has 0 heterocycles. The highest BCUT2D eigenvalue weighted by Crippen LogP contribution is 2.44. The number of amides is 1. The maximum Gasteiger partial charge on any atom is 0.337 e. The molecule has 7 heteroatoms. The van der Waals surface area contributed by atoms with Crippen LogP contribution in [-0.4, -0.2) is 21.4 Å². The normalized spacial score (nSPS) is 13.4. The van der Waals surface area contributed by atoms with Crippen LogP contribution in [0.4, 0.5) is 5.69 Å². The highest BCUT2D eigenvalue weighted by atomic mass is 79.9. The summed E-state index contributed by atoms with van der Waals surface area (Å²) in [7, 11) is -4.45. The van der Waals surface area contributed by atoms with Gasteiger partial charge in [0.25, 0.3) is 0 Å². The van der Waals surface area contributed by atoms with E-state index in [4.69, 9.17) is 0 Å². The molecule has 5 nitrogen and oxygen atoms in total. The number of anilines is 1. The third-order valence-electron chi connectivity index (χ3n) is 2.52. The molecule has 0 aromatic heterocycles. The average Bonchev–Trinajstić information content (AvgIpc) is 2.27. The third-order valence-corrected chi connectivity index (χ3v) is 4.30. The lowest BCUT2D eigenvalue weighted by Gasteiger charge is -2.19. The molecule has 1 rings (SSSR count). The molecule has 1 amide bonds. The van der Waals surface area contributed by atoms with Crippen LogP contribution in [0.5, 0.6) is 0 Å². The number of carbonyl (C=O) groups is 1. The van der Waals surface area contributed by atoms with Crippen LogP contribution in [0.1, 0.15) is 20.3 Å². The summed E-state index contributed by atoms with van der Waals surface area (Å²) >= 11 is 3.27. The number of rotatable bonds is 5. The zero-order valence-corrected chi connectivity index (χ0v) is 13.2. The third kappa shape index (κ3) is 5.45. The summed E-state index contributed by atoms with van der Waals surface area (Å²) in [6, 6.07) is 6.80. The van der Waals surface area contributed by atoms with E-state index < -0.39 is 19.2 Å². The topological polar surface area (TPSA) is 86.6 Å². The van der Waals surface area contributed by atoms with Crippen molar-refractivity contribution in [1.29, 1.82) is 0 Å². The van der Waals surface area contributed by atoms with Crippen LogP contribution >= 0.6 is 23.5 Å². The number of nitrogens with one attached hydrogen (secondary N) is 1. The molecular formula is C12H17BrNO4P. The number of benzene rings is 1. The van der Waals surface area contributed by atoms with Gasteiger partial charge >= 0.3 is 7.60 Å². The Morgan fingerprint density at radius 1 is 1.32 bits per heavy atom. The second-order valence-electron chi connectivity index (χ2n) is 4.73. The van der Waals surface area contributed by atoms with E-state index in [1.165, 1.54) is 0 Å². The van der Waals surface area contributed by atoms with Gasteiger partial charge in [0.1, 0.15) is 5.66 Å². The molecule has 0 aliphatic rings. The minimum Gasteiger partial charge on any atom is -0.325 e. The van der Waals surface area contributed by atoms with E-state index in [-0.39, 0.29) is 12.3 Å². The molecule has 3 N–H and O–H groups in total. The minimum atomic E-state index is -4.45. The minimum absolute atomic E-state index is 0.0216. The first-order valence-corrected chi connectivity index (χ1v) is 8.29. The monoisotopic (exact) mass is 349 g/mol. The van der Waals surface area contributed by atoms with Crippen molar-refractivity contribution in [3.05, 3.63) is 28.7 Å². The Morgan fingerprint density at radius 3 is 2.26 bits per heavy atom. The zero-order valence-electron chi connectivity index (χ0n) is 10.7. The first kappa shape index (κ1) is 16.4. The Hall–Kier alpha value is -0.680. The van der Waals surface area contributed by atoms with Crippen LogP contribution in [0, 0.1) is 5.92 Å². The van der Waals surface area contributed by atoms with Crippen molar-refractivity contribution in [2.75, 3.05) is 5.32 Å². The van der Waals surface area contributed by atoms with Gasteiger partial charge in [0, 0.05) is 10.2 Å². The summed E-state index contributed by atoms with van der Waals surface area (Å²) < 4.78 is 12.2. The van der Waals surface area contributed by atoms with E-state index in [0.717, 1.165) is 4.47 Å². The summed E-state index contributed by atoms with van der Waals surface area (Å²) in [5, 5.41) is 2.53. The second kappa shape index (κ2) is 6.66. The average molecular weight is 350 g/mol. The van der Waals surface area contributed by atoms with Crippen LogP contribution < -0.4 is 5.32 Å². The van der Waals surface area contributed by atoms with E-state index in [0.29, 0.717) is 5.69 Å². The van der Waals surface area contributed by atoms with Crippen LogP contribution in [0.2, 0.25) is 0 Å². The molecule has 0 aliphatic heterocycles. The molecule has 106 valence electrons. The van der Waals surface area contributed by atoms with Crippen LogP contribution in [0.25, 0.3) is 0 Å². The van der Waals surface area contributed by atoms with Crippen molar-refractivity contribution < 1.29 is 19.1 Å². The molecule has 1 atom stereocenters. The summed E-state index contributed by atoms with van der Waals surface area (Å²) in [4.78, 5) is 30.5. The second-order valence-corrected chi connectivity index (χ2v) is 7.45. The maximum absolute atomic E-state index is 12.0. The van der Waals surface area contributed by atoms with Crippen molar-refractivity contribution >= 4 is 35.1 Å². The van der Waals surface area contributed by atoms with E-state index in [1.54, 1.807) is 24.3 Å². The molecule has 1 aromatic rings. The summed E-state index contributed by atoms with van der Waals surface area (Å²) in [6.45, 7) is 3.63. The van der Waals surface area contributed by atoms with E-state index >= 15 is 0 Å². The molecule has 0 aliphatic carbocycles. The number of hydrogen-bond acceptors (Lipinski definition) is 2. The van der Waals surface area contributed by atoms with Crippen LogP contribution in [0.3, 0.4) is 0 Å². The van der Waals surface area contributed by atoms with Crippen molar-refractivity contribution in [2.45, 2.75) is 25.9 Å². The summed E-state index contributed by atoms with van der Waals surface area (Å²) in [5.41, 5.74) is -0.799. The quantitative estimate of drug-likeness (QED) is 0.713. The Balaban J connectivity index is 2.83. The predicted molar refractivity (Wildman–Crippen MR) is 78.1 cm³/mol. The standard InChI is InChI=1S/C12H17BrNO4P/c1-8(2)7-11(19(16,17)18)12(15)14-10-5-3-9(13)4-6-10/h3-6,8,11H,7H2,1-2H3,(H,14,15)(H2,16,17,18). The van der Waals surface area contributed by atoms with Gasteiger partial charge in [-0.15, -0.1) is 0 Å². The molecule has 19 heavy (non-hydrogen) atoms. The largest absolute Gasteiger partial charge is 0.337 e. The van der Waals surface area contributed by atoms with Crippen LogP contribution in [0.15, 0.2) is 28.7 Å². The molecule has 0 bridgehead atoms. The fourth-order valence-electron chi connectivity index (χ4n) is 1.60. The Kier molecular flexibility index (Phi) is 5.74. The highest BCUT2D eigenvalue weighted by molar-refractivity contribution is 9.10. The van der Waals surface area contributed by atoms with Gasteiger partial charge in [-0.3, -0.25) is 9.36 Å². The lowest BCUT2D eigenvalue weighted by Crippen LogP contribution is -2.29. The van der Waals surface area contributed by atoms with Gasteiger partial charge in [0.2, 0.25) is 5.91 Å². The van der Waals surface area contributed by atoms with Gasteiger partial charge in [-0.05, 0) is 36.6 Å². The van der Waals surface area contributed by atoms with Crippen molar-refractivity contribution in [3.8, 4) is 0 Å². The predicted octanol–water partition coefficient (Wildman–Crippen LogP) is 2.98. The lowest BCUT2D eigenvalue weighted by atomic mass is 10.1. The number of halogens is 1. The Bertz CT molecular complexity index is 483. The van der Waals surface area contributed by atoms with E-state index in [1.807, 2.05) is 13.8 Å². The van der Waals surface area contributed by atoms with Crippen molar-refractivity contribution in [1.82, 2.24) is 0 Å². The molecule has 0 fully saturated rings. The summed E-state index contributed by atoms with van der Waals surface area (Å²) in [5.74, 6) is -0.627. The Morgan fingerprint density at radius 2 is 1.84 bits per heavy atom. The van der Waals surface area contributed by atoms with E-state index in [2.05, 4.69) is 21.2 Å². The van der Waals surface area contributed by atoms with Gasteiger partial charge in [-0.1, -0.05) is 29.8 Å². The SMILES string of the molecule is CC(C)CC(C(=O)Nc1ccc(Br)cc1)P(=O)(O)O. The number of hydrogen-bond donors (Lipinski definition) is 3. The maximum atomic E-state index is 12.0. The van der Waals surface area contributed by atoms with Gasteiger partial charge in [0.05, 0.1) is 0 Å². The molecule has 1 aromatic carbocycles. The number of carbonyl (C=O) groups excluding carboxylic acids is 1. The fourth-order valence-corrected chi connectivity index (χ4v) is 2.93. The molecule has 0 radical (unpaired) electrons. The highest BCUT2D eigenvalue weighted by Gasteiger charge is 2.35.